The molecule has 1 aromatic heterocycles. The predicted molar refractivity (Wildman–Crippen MR) is 119 cm³/mol. The van der Waals surface area contributed by atoms with Gasteiger partial charge >= 0.3 is 5.97 Å². The third-order valence-corrected chi connectivity index (χ3v) is 8.37. The number of aryl methyl sites for hydroxylation is 2. The van der Waals surface area contributed by atoms with Crippen molar-refractivity contribution in [3.05, 3.63) is 35.0 Å². The molecule has 2 aliphatic rings. The van der Waals surface area contributed by atoms with Crippen LogP contribution in [0.4, 0.5) is 0 Å². The lowest BCUT2D eigenvalue weighted by atomic mass is 9.95. The van der Waals surface area contributed by atoms with Crippen molar-refractivity contribution in [1.29, 1.82) is 0 Å². The fourth-order valence-corrected chi connectivity index (χ4v) is 6.53. The van der Waals surface area contributed by atoms with Crippen LogP contribution in [-0.2, 0) is 32.2 Å². The van der Waals surface area contributed by atoms with Crippen molar-refractivity contribution >= 4 is 32.6 Å². The minimum Gasteiger partial charge on any atom is -0.452 e. The molecule has 0 bridgehead atoms. The standard InChI is InChI=1S/C23H30N2O5S/c1-3-15(2)25(17-10-11-31(28,29)14-17)22(26)13-30-23(27)16-8-9-21-19(12-16)18-6-4-5-7-20(18)24-21/h8-9,12,15,17,24H,3-7,10-11,13-14H2,1-2H3/t15-,17-/m1/s1. The smallest absolute Gasteiger partial charge is 0.338 e. The monoisotopic (exact) mass is 446 g/mol. The Labute approximate surface area is 183 Å². The SMILES string of the molecule is CC[C@@H](C)N(C(=O)COC(=O)c1ccc2[nH]c3c(c2c1)CCCC3)[C@@H]1CCS(=O)(=O)C1. The van der Waals surface area contributed by atoms with E-state index >= 15 is 0 Å². The van der Waals surface area contributed by atoms with Gasteiger partial charge < -0.3 is 14.6 Å². The van der Waals surface area contributed by atoms with E-state index in [0.717, 1.165) is 30.2 Å². The van der Waals surface area contributed by atoms with Crippen molar-refractivity contribution < 1.29 is 22.7 Å². The van der Waals surface area contributed by atoms with Crippen LogP contribution in [0.15, 0.2) is 18.2 Å². The Kier molecular flexibility index (Phi) is 6.10. The Morgan fingerprint density at radius 2 is 2.03 bits per heavy atom. The van der Waals surface area contributed by atoms with Gasteiger partial charge in [0.2, 0.25) is 0 Å². The van der Waals surface area contributed by atoms with Crippen LogP contribution >= 0.6 is 0 Å². The van der Waals surface area contributed by atoms with Crippen LogP contribution in [0.3, 0.4) is 0 Å². The first kappa shape index (κ1) is 21.9. The number of nitrogens with zero attached hydrogens (tertiary/aromatic N) is 1. The lowest BCUT2D eigenvalue weighted by Gasteiger charge is -2.33. The molecule has 8 heteroatoms. The third kappa shape index (κ3) is 4.49. The molecular formula is C23H30N2O5S. The molecule has 0 spiro atoms. The number of aromatic amines is 1. The molecule has 1 amide bonds. The largest absolute Gasteiger partial charge is 0.452 e. The highest BCUT2D eigenvalue weighted by Gasteiger charge is 2.36. The van der Waals surface area contributed by atoms with Crippen LogP contribution in [0.5, 0.6) is 0 Å². The topological polar surface area (TPSA) is 96.5 Å². The van der Waals surface area contributed by atoms with E-state index in [4.69, 9.17) is 4.74 Å². The van der Waals surface area contributed by atoms with E-state index in [1.807, 2.05) is 26.0 Å². The van der Waals surface area contributed by atoms with Gasteiger partial charge in [0, 0.05) is 28.7 Å². The van der Waals surface area contributed by atoms with Gasteiger partial charge in [-0.15, -0.1) is 0 Å². The highest BCUT2D eigenvalue weighted by Crippen LogP contribution is 2.30. The van der Waals surface area contributed by atoms with Crippen molar-refractivity contribution in [3.8, 4) is 0 Å². The molecule has 7 nitrogen and oxygen atoms in total. The summed E-state index contributed by atoms with van der Waals surface area (Å²) >= 11 is 0. The van der Waals surface area contributed by atoms with Crippen molar-refractivity contribution in [2.24, 2.45) is 0 Å². The predicted octanol–water partition coefficient (Wildman–Crippen LogP) is 3.02. The number of carbonyl (C=O) groups excluding carboxylic acids is 2. The number of H-pyrrole nitrogens is 1. The molecule has 1 aliphatic carbocycles. The second-order valence-corrected chi connectivity index (χ2v) is 11.0. The normalized spacial score (nSPS) is 20.9. The molecule has 168 valence electrons. The summed E-state index contributed by atoms with van der Waals surface area (Å²) in [5.41, 5.74) is 3.96. The summed E-state index contributed by atoms with van der Waals surface area (Å²) in [4.78, 5) is 30.6. The number of amides is 1. The highest BCUT2D eigenvalue weighted by molar-refractivity contribution is 7.91. The summed E-state index contributed by atoms with van der Waals surface area (Å²) in [6.45, 7) is 3.46. The number of esters is 1. The zero-order chi connectivity index (χ0) is 22.2. The number of fused-ring (bicyclic) bond motifs is 3. The number of carbonyl (C=O) groups is 2. The van der Waals surface area contributed by atoms with Crippen LogP contribution in [0.25, 0.3) is 10.9 Å². The number of rotatable bonds is 6. The van der Waals surface area contributed by atoms with E-state index in [0.29, 0.717) is 18.4 Å². The summed E-state index contributed by atoms with van der Waals surface area (Å²) in [6, 6.07) is 4.98. The molecule has 1 aromatic carbocycles. The molecule has 1 N–H and O–H groups in total. The minimum atomic E-state index is -3.12. The number of hydrogen-bond donors (Lipinski definition) is 1. The van der Waals surface area contributed by atoms with Gasteiger partial charge in [-0.05, 0) is 69.2 Å². The van der Waals surface area contributed by atoms with Crippen molar-refractivity contribution in [3.63, 3.8) is 0 Å². The maximum atomic E-state index is 12.9. The summed E-state index contributed by atoms with van der Waals surface area (Å²) in [6.07, 6.45) is 5.48. The first-order chi connectivity index (χ1) is 14.8. The average molecular weight is 447 g/mol. The summed E-state index contributed by atoms with van der Waals surface area (Å²) in [7, 11) is -3.12. The van der Waals surface area contributed by atoms with E-state index in [1.54, 1.807) is 11.0 Å². The maximum Gasteiger partial charge on any atom is 0.338 e. The van der Waals surface area contributed by atoms with Gasteiger partial charge in [-0.1, -0.05) is 6.92 Å². The van der Waals surface area contributed by atoms with E-state index in [-0.39, 0.29) is 36.1 Å². The van der Waals surface area contributed by atoms with Crippen molar-refractivity contribution in [1.82, 2.24) is 9.88 Å². The number of nitrogens with one attached hydrogen (secondary N) is 1. The highest BCUT2D eigenvalue weighted by atomic mass is 32.2. The van der Waals surface area contributed by atoms with Crippen LogP contribution in [0.1, 0.15) is 61.1 Å². The van der Waals surface area contributed by atoms with E-state index in [1.165, 1.54) is 17.7 Å². The van der Waals surface area contributed by atoms with E-state index in [9.17, 15) is 18.0 Å². The Hall–Kier alpha value is -2.35. The van der Waals surface area contributed by atoms with Gasteiger partial charge in [-0.25, -0.2) is 13.2 Å². The van der Waals surface area contributed by atoms with E-state index in [2.05, 4.69) is 4.98 Å². The molecular weight excluding hydrogens is 416 g/mol. The van der Waals surface area contributed by atoms with Crippen molar-refractivity contribution in [2.75, 3.05) is 18.1 Å². The molecule has 31 heavy (non-hydrogen) atoms. The second kappa shape index (κ2) is 8.65. The molecule has 0 saturated carbocycles. The molecule has 4 rings (SSSR count). The molecule has 1 aliphatic heterocycles. The Bertz CT molecular complexity index is 1100. The fourth-order valence-electron chi connectivity index (χ4n) is 4.82. The fraction of sp³-hybridized carbons (Fsp3) is 0.565. The lowest BCUT2D eigenvalue weighted by Crippen LogP contribution is -2.48. The van der Waals surface area contributed by atoms with Crippen LogP contribution < -0.4 is 0 Å². The number of hydrogen-bond acceptors (Lipinski definition) is 5. The molecule has 1 fully saturated rings. The Balaban J connectivity index is 1.46. The molecule has 2 heterocycles. The second-order valence-electron chi connectivity index (χ2n) is 8.74. The van der Waals surface area contributed by atoms with Crippen molar-refractivity contribution in [2.45, 2.75) is 64.5 Å². The Morgan fingerprint density at radius 1 is 1.26 bits per heavy atom. The quantitative estimate of drug-likeness (QED) is 0.688. The molecule has 1 saturated heterocycles. The van der Waals surface area contributed by atoms with Gasteiger partial charge in [0.15, 0.2) is 16.4 Å². The maximum absolute atomic E-state index is 12.9. The first-order valence-corrected chi connectivity index (χ1v) is 12.9. The number of benzene rings is 1. The summed E-state index contributed by atoms with van der Waals surface area (Å²) in [5, 5.41) is 1.05. The zero-order valence-electron chi connectivity index (χ0n) is 18.1. The van der Waals surface area contributed by atoms with Crippen LogP contribution in [0.2, 0.25) is 0 Å². The number of sulfone groups is 1. The average Bonchev–Trinajstić information content (AvgIpc) is 3.30. The summed E-state index contributed by atoms with van der Waals surface area (Å²) in [5.74, 6) is -0.806. The summed E-state index contributed by atoms with van der Waals surface area (Å²) < 4.78 is 29.1. The molecule has 0 radical (unpaired) electrons. The molecule has 0 unspecified atom stereocenters. The lowest BCUT2D eigenvalue weighted by molar-refractivity contribution is -0.138. The van der Waals surface area contributed by atoms with Gasteiger partial charge in [0.1, 0.15) is 0 Å². The van der Waals surface area contributed by atoms with Crippen LogP contribution in [0, 0.1) is 0 Å². The van der Waals surface area contributed by atoms with Gasteiger partial charge in [-0.2, -0.15) is 0 Å². The van der Waals surface area contributed by atoms with Gasteiger partial charge in [0.25, 0.3) is 5.91 Å². The number of ether oxygens (including phenoxy) is 1. The molecule has 2 atom stereocenters. The first-order valence-electron chi connectivity index (χ1n) is 11.1. The van der Waals surface area contributed by atoms with Gasteiger partial charge in [0.05, 0.1) is 17.1 Å². The Morgan fingerprint density at radius 3 is 2.74 bits per heavy atom. The molecule has 2 aromatic rings. The van der Waals surface area contributed by atoms with E-state index < -0.39 is 15.8 Å². The number of aromatic nitrogens is 1. The zero-order valence-corrected chi connectivity index (χ0v) is 19.0. The third-order valence-electron chi connectivity index (χ3n) is 6.62. The van der Waals surface area contributed by atoms with Gasteiger partial charge in [-0.3, -0.25) is 4.79 Å². The minimum absolute atomic E-state index is 0.0215. The van der Waals surface area contributed by atoms with Crippen LogP contribution in [-0.4, -0.2) is 60.4 Å².